The lowest BCUT2D eigenvalue weighted by Gasteiger charge is -2.13. The highest BCUT2D eigenvalue weighted by Crippen LogP contribution is 2.38. The first kappa shape index (κ1) is 33.9. The smallest absolute Gasteiger partial charge is 0.164 e. The molecular formula is C55H35N5. The lowest BCUT2D eigenvalue weighted by Crippen LogP contribution is -2.01. The standard InChI is InChI=1S/C55H35N5/c1-3-15-36(16-4-1)37-19-13-20-40(31-37)53-56-54(58-55(57-53)42-29-30-47-45-25-9-11-27-49(45)59(51(47)35-42)43-22-5-2-6-23-43)41-21-14-24-44(32-41)60-50-28-12-10-26-46(50)48-33-38-17-7-8-18-39(38)34-52(48)60/h1-35H. The molecule has 3 heterocycles. The maximum Gasteiger partial charge on any atom is 0.164 e. The zero-order valence-corrected chi connectivity index (χ0v) is 32.4. The van der Waals surface area contributed by atoms with Crippen molar-refractivity contribution < 1.29 is 0 Å². The average Bonchev–Trinajstić information content (AvgIpc) is 3.83. The highest BCUT2D eigenvalue weighted by molar-refractivity contribution is 6.14. The molecule has 0 N–H and O–H groups in total. The zero-order chi connectivity index (χ0) is 39.6. The summed E-state index contributed by atoms with van der Waals surface area (Å²) in [4.78, 5) is 15.8. The molecule has 0 radical (unpaired) electrons. The van der Waals surface area contributed by atoms with Gasteiger partial charge in [-0.15, -0.1) is 0 Å². The monoisotopic (exact) mass is 765 g/mol. The first-order valence-corrected chi connectivity index (χ1v) is 20.3. The van der Waals surface area contributed by atoms with Crippen molar-refractivity contribution in [1.29, 1.82) is 0 Å². The molecule has 0 amide bonds. The van der Waals surface area contributed by atoms with Crippen molar-refractivity contribution in [3.8, 4) is 56.7 Å². The zero-order valence-electron chi connectivity index (χ0n) is 32.4. The van der Waals surface area contributed by atoms with Crippen molar-refractivity contribution in [2.45, 2.75) is 0 Å². The molecule has 0 atom stereocenters. The molecule has 0 spiro atoms. The first-order valence-electron chi connectivity index (χ1n) is 20.3. The molecule has 9 aromatic carbocycles. The second kappa shape index (κ2) is 13.8. The predicted octanol–water partition coefficient (Wildman–Crippen LogP) is 13.9. The van der Waals surface area contributed by atoms with Gasteiger partial charge in [-0.2, -0.15) is 0 Å². The number of rotatable bonds is 6. The highest BCUT2D eigenvalue weighted by atomic mass is 15.0. The van der Waals surface area contributed by atoms with E-state index in [1.54, 1.807) is 0 Å². The summed E-state index contributed by atoms with van der Waals surface area (Å²) in [5.74, 6) is 1.84. The minimum atomic E-state index is 0.608. The number of benzene rings is 9. The number of fused-ring (bicyclic) bond motifs is 7. The van der Waals surface area contributed by atoms with Crippen LogP contribution in [0.15, 0.2) is 212 Å². The molecule has 0 aliphatic heterocycles. The maximum absolute atomic E-state index is 5.29. The quantitative estimate of drug-likeness (QED) is 0.169. The van der Waals surface area contributed by atoms with E-state index in [2.05, 4.69) is 215 Å². The normalized spacial score (nSPS) is 11.7. The van der Waals surface area contributed by atoms with E-state index in [1.165, 1.54) is 32.3 Å². The van der Waals surface area contributed by atoms with E-state index in [4.69, 9.17) is 15.0 Å². The van der Waals surface area contributed by atoms with Gasteiger partial charge in [-0.1, -0.05) is 152 Å². The van der Waals surface area contributed by atoms with Crippen LogP contribution in [0.25, 0.3) is 111 Å². The summed E-state index contributed by atoms with van der Waals surface area (Å²) in [6, 6.07) is 75.1. The number of aromatic nitrogens is 5. The summed E-state index contributed by atoms with van der Waals surface area (Å²) in [5, 5.41) is 7.25. The fraction of sp³-hybridized carbons (Fsp3) is 0. The van der Waals surface area contributed by atoms with Crippen molar-refractivity contribution in [2.24, 2.45) is 0 Å². The van der Waals surface area contributed by atoms with Crippen LogP contribution in [0.4, 0.5) is 0 Å². The second-order valence-corrected chi connectivity index (χ2v) is 15.3. The number of nitrogens with zero attached hydrogens (tertiary/aromatic N) is 5. The molecule has 0 unspecified atom stereocenters. The molecule has 0 aliphatic carbocycles. The van der Waals surface area contributed by atoms with Gasteiger partial charge in [0, 0.05) is 49.6 Å². The van der Waals surface area contributed by atoms with Gasteiger partial charge >= 0.3 is 0 Å². The summed E-state index contributed by atoms with van der Waals surface area (Å²) >= 11 is 0. The van der Waals surface area contributed by atoms with E-state index in [1.807, 2.05) is 6.07 Å². The third-order valence-corrected chi connectivity index (χ3v) is 11.7. The fourth-order valence-electron chi connectivity index (χ4n) is 8.91. The molecule has 60 heavy (non-hydrogen) atoms. The lowest BCUT2D eigenvalue weighted by atomic mass is 10.0. The van der Waals surface area contributed by atoms with Crippen molar-refractivity contribution in [2.75, 3.05) is 0 Å². The maximum atomic E-state index is 5.29. The minimum Gasteiger partial charge on any atom is -0.309 e. The fourth-order valence-corrected chi connectivity index (χ4v) is 8.91. The molecule has 12 rings (SSSR count). The van der Waals surface area contributed by atoms with E-state index in [-0.39, 0.29) is 0 Å². The number of hydrogen-bond donors (Lipinski definition) is 0. The Morgan fingerprint density at radius 2 is 0.717 bits per heavy atom. The molecule has 3 aromatic heterocycles. The summed E-state index contributed by atoms with van der Waals surface area (Å²) < 4.78 is 4.70. The molecule has 0 fully saturated rings. The van der Waals surface area contributed by atoms with Gasteiger partial charge in [0.15, 0.2) is 17.5 Å². The SMILES string of the molecule is c1ccc(-c2cccc(-c3nc(-c4cccc(-n5c6ccccc6c6cc7ccccc7cc65)c4)nc(-c4ccc5c6ccccc6n(-c6ccccc6)c5c4)n3)c2)cc1. The van der Waals surface area contributed by atoms with Gasteiger partial charge in [-0.05, 0) is 82.6 Å². The summed E-state index contributed by atoms with van der Waals surface area (Å²) in [5.41, 5.74) is 11.7. The Morgan fingerprint density at radius 3 is 1.43 bits per heavy atom. The largest absolute Gasteiger partial charge is 0.309 e. The van der Waals surface area contributed by atoms with E-state index >= 15 is 0 Å². The summed E-state index contributed by atoms with van der Waals surface area (Å²) in [6.07, 6.45) is 0. The van der Waals surface area contributed by atoms with E-state index in [9.17, 15) is 0 Å². The van der Waals surface area contributed by atoms with Crippen molar-refractivity contribution in [3.63, 3.8) is 0 Å². The Labute approximate surface area is 346 Å². The summed E-state index contributed by atoms with van der Waals surface area (Å²) in [7, 11) is 0. The van der Waals surface area contributed by atoms with Crippen LogP contribution in [0.3, 0.4) is 0 Å². The molecule has 12 aromatic rings. The van der Waals surface area contributed by atoms with Gasteiger partial charge in [-0.3, -0.25) is 0 Å². The van der Waals surface area contributed by atoms with Crippen LogP contribution >= 0.6 is 0 Å². The van der Waals surface area contributed by atoms with Crippen LogP contribution in [0.1, 0.15) is 0 Å². The van der Waals surface area contributed by atoms with Crippen molar-refractivity contribution in [3.05, 3.63) is 212 Å². The molecule has 0 saturated carbocycles. The third-order valence-electron chi connectivity index (χ3n) is 11.7. The van der Waals surface area contributed by atoms with Crippen molar-refractivity contribution >= 4 is 54.4 Å². The van der Waals surface area contributed by atoms with Crippen LogP contribution in [0, 0.1) is 0 Å². The molecule has 0 aliphatic rings. The molecule has 5 heteroatoms. The average molecular weight is 766 g/mol. The minimum absolute atomic E-state index is 0.608. The lowest BCUT2D eigenvalue weighted by molar-refractivity contribution is 1.07. The highest BCUT2D eigenvalue weighted by Gasteiger charge is 2.19. The first-order chi connectivity index (χ1) is 29.7. The van der Waals surface area contributed by atoms with Gasteiger partial charge in [0.05, 0.1) is 22.1 Å². The van der Waals surface area contributed by atoms with Gasteiger partial charge in [0.1, 0.15) is 0 Å². The van der Waals surface area contributed by atoms with E-state index < -0.39 is 0 Å². The predicted molar refractivity (Wildman–Crippen MR) is 248 cm³/mol. The molecule has 0 bridgehead atoms. The van der Waals surface area contributed by atoms with Crippen LogP contribution in [0.5, 0.6) is 0 Å². The summed E-state index contributed by atoms with van der Waals surface area (Å²) in [6.45, 7) is 0. The van der Waals surface area contributed by atoms with Gasteiger partial charge < -0.3 is 9.13 Å². The Balaban J connectivity index is 1.07. The molecular weight excluding hydrogens is 731 g/mol. The van der Waals surface area contributed by atoms with Crippen LogP contribution < -0.4 is 0 Å². The number of para-hydroxylation sites is 3. The van der Waals surface area contributed by atoms with Crippen LogP contribution in [0.2, 0.25) is 0 Å². The van der Waals surface area contributed by atoms with Gasteiger partial charge in [-0.25, -0.2) is 15.0 Å². The van der Waals surface area contributed by atoms with Gasteiger partial charge in [0.2, 0.25) is 0 Å². The molecule has 5 nitrogen and oxygen atoms in total. The molecule has 0 saturated heterocycles. The van der Waals surface area contributed by atoms with Crippen LogP contribution in [-0.2, 0) is 0 Å². The Bertz CT molecular complexity index is 3600. The van der Waals surface area contributed by atoms with Gasteiger partial charge in [0.25, 0.3) is 0 Å². The molecule has 280 valence electrons. The second-order valence-electron chi connectivity index (χ2n) is 15.3. The van der Waals surface area contributed by atoms with E-state index in [0.717, 1.165) is 61.3 Å². The topological polar surface area (TPSA) is 48.5 Å². The Hall–Kier alpha value is -8.15. The van der Waals surface area contributed by atoms with Crippen molar-refractivity contribution in [1.82, 2.24) is 24.1 Å². The number of hydrogen-bond acceptors (Lipinski definition) is 3. The Kier molecular flexibility index (Phi) is 7.78. The van der Waals surface area contributed by atoms with Crippen LogP contribution in [-0.4, -0.2) is 24.1 Å². The third kappa shape index (κ3) is 5.59. The Morgan fingerprint density at radius 1 is 0.250 bits per heavy atom. The van der Waals surface area contributed by atoms with E-state index in [0.29, 0.717) is 17.5 Å².